The van der Waals surface area contributed by atoms with E-state index in [1.54, 1.807) is 0 Å². The minimum atomic E-state index is -4.03. The van der Waals surface area contributed by atoms with E-state index in [-0.39, 0.29) is 0 Å². The summed E-state index contributed by atoms with van der Waals surface area (Å²) in [6.45, 7) is -0.457. The second-order valence-corrected chi connectivity index (χ2v) is 6.35. The smallest absolute Gasteiger partial charge is 0.340 e. The molecule has 1 fully saturated rings. The number of carboxylic acid groups (broad SMARTS) is 1. The number of nitrogens with zero attached hydrogens (tertiary/aromatic N) is 1. The molecule has 2 rings (SSSR count). The van der Waals surface area contributed by atoms with Gasteiger partial charge in [0.05, 0.1) is 5.69 Å². The van der Waals surface area contributed by atoms with E-state index < -0.39 is 63.0 Å². The first kappa shape index (κ1) is 15.3. The van der Waals surface area contributed by atoms with Gasteiger partial charge in [-0.3, -0.25) is 4.79 Å². The molecule has 21 heavy (non-hydrogen) atoms. The van der Waals surface area contributed by atoms with Crippen LogP contribution in [0, 0.1) is 11.6 Å². The van der Waals surface area contributed by atoms with Gasteiger partial charge in [-0.25, -0.2) is 27.1 Å². The highest BCUT2D eigenvalue weighted by atomic mass is 32.2. The predicted octanol–water partition coefficient (Wildman–Crippen LogP) is 0.0568. The number of carboxylic acids is 1. The second-order valence-electron chi connectivity index (χ2n) is 4.51. The van der Waals surface area contributed by atoms with Crippen LogP contribution in [0.25, 0.3) is 0 Å². The maximum atomic E-state index is 13.6. The maximum absolute atomic E-state index is 13.6. The van der Waals surface area contributed by atoms with Crippen molar-refractivity contribution >= 4 is 27.6 Å². The molecule has 0 aromatic heterocycles. The van der Waals surface area contributed by atoms with Gasteiger partial charge in [0, 0.05) is 19.0 Å². The van der Waals surface area contributed by atoms with Crippen LogP contribution in [0.4, 0.5) is 14.5 Å². The van der Waals surface area contributed by atoms with Crippen molar-refractivity contribution in [1.82, 2.24) is 0 Å². The number of hydrogen-bond acceptors (Lipinski definition) is 4. The fourth-order valence-electron chi connectivity index (χ4n) is 2.11. The van der Waals surface area contributed by atoms with Gasteiger partial charge in [0.2, 0.25) is 15.9 Å². The van der Waals surface area contributed by atoms with Gasteiger partial charge in [-0.05, 0) is 6.07 Å². The zero-order chi connectivity index (χ0) is 15.9. The molecular weight excluding hydrogens is 310 g/mol. The molecule has 7 nitrogen and oxygen atoms in total. The summed E-state index contributed by atoms with van der Waals surface area (Å²) in [5.74, 6) is -4.92. The van der Waals surface area contributed by atoms with E-state index >= 15 is 0 Å². The van der Waals surface area contributed by atoms with Gasteiger partial charge in [-0.1, -0.05) is 0 Å². The minimum Gasteiger partial charge on any atom is -0.478 e. The van der Waals surface area contributed by atoms with Gasteiger partial charge in [0.25, 0.3) is 0 Å². The highest BCUT2D eigenvalue weighted by Gasteiger charge is 2.39. The first-order valence-corrected chi connectivity index (χ1v) is 7.26. The molecule has 1 atom stereocenters. The molecule has 1 aliphatic heterocycles. The number of anilines is 1. The van der Waals surface area contributed by atoms with E-state index in [4.69, 9.17) is 10.2 Å². The van der Waals surface area contributed by atoms with Gasteiger partial charge in [0.1, 0.15) is 22.4 Å². The van der Waals surface area contributed by atoms with Crippen molar-refractivity contribution in [1.29, 1.82) is 0 Å². The Labute approximate surface area is 118 Å². The molecule has 0 radical (unpaired) electrons. The summed E-state index contributed by atoms with van der Waals surface area (Å²) in [6.07, 6.45) is -0.476. The molecule has 1 aromatic carbocycles. The maximum Gasteiger partial charge on any atom is 0.340 e. The first-order chi connectivity index (χ1) is 9.61. The number of benzene rings is 1. The number of primary sulfonamides is 1. The largest absolute Gasteiger partial charge is 0.478 e. The zero-order valence-corrected chi connectivity index (χ0v) is 11.2. The molecule has 1 heterocycles. The Bertz CT molecular complexity index is 734. The predicted molar refractivity (Wildman–Crippen MR) is 67.2 cm³/mol. The Morgan fingerprint density at radius 1 is 1.38 bits per heavy atom. The second kappa shape index (κ2) is 5.04. The number of carbonyl (C=O) groups excluding carboxylic acids is 1. The monoisotopic (exact) mass is 320 g/mol. The third-order valence-electron chi connectivity index (χ3n) is 3.09. The van der Waals surface area contributed by atoms with Crippen LogP contribution in [0.3, 0.4) is 0 Å². The van der Waals surface area contributed by atoms with Gasteiger partial charge >= 0.3 is 5.97 Å². The van der Waals surface area contributed by atoms with E-state index in [0.29, 0.717) is 17.0 Å². The lowest BCUT2D eigenvalue weighted by atomic mass is 10.1. The normalized spacial score (nSPS) is 19.1. The third-order valence-corrected chi connectivity index (χ3v) is 4.34. The van der Waals surface area contributed by atoms with E-state index in [1.165, 1.54) is 0 Å². The summed E-state index contributed by atoms with van der Waals surface area (Å²) in [7, 11) is -4.03. The number of amides is 1. The van der Waals surface area contributed by atoms with Crippen LogP contribution in [0.5, 0.6) is 0 Å². The van der Waals surface area contributed by atoms with Crippen molar-refractivity contribution in [3.63, 3.8) is 0 Å². The third kappa shape index (κ3) is 2.85. The van der Waals surface area contributed by atoms with Crippen LogP contribution in [-0.2, 0) is 14.8 Å². The lowest BCUT2D eigenvalue weighted by Crippen LogP contribution is -2.33. The fourth-order valence-corrected chi connectivity index (χ4v) is 2.84. The van der Waals surface area contributed by atoms with Crippen LogP contribution in [-0.4, -0.2) is 37.2 Å². The summed E-state index contributed by atoms with van der Waals surface area (Å²) in [5.41, 5.74) is -1.43. The lowest BCUT2D eigenvalue weighted by molar-refractivity contribution is -0.117. The molecule has 10 heteroatoms. The molecular formula is C11H10F2N2O5S. The van der Waals surface area contributed by atoms with Crippen molar-refractivity contribution in [3.05, 3.63) is 29.3 Å². The Balaban J connectivity index is 2.52. The van der Waals surface area contributed by atoms with Crippen molar-refractivity contribution in [3.8, 4) is 0 Å². The average molecular weight is 320 g/mol. The highest BCUT2D eigenvalue weighted by molar-refractivity contribution is 7.89. The molecule has 1 amide bonds. The van der Waals surface area contributed by atoms with E-state index in [1.807, 2.05) is 0 Å². The first-order valence-electron chi connectivity index (χ1n) is 5.65. The van der Waals surface area contributed by atoms with Gasteiger partial charge < -0.3 is 10.0 Å². The van der Waals surface area contributed by atoms with E-state index in [9.17, 15) is 26.8 Å². The molecule has 114 valence electrons. The minimum absolute atomic E-state index is 0.366. The van der Waals surface area contributed by atoms with Crippen LogP contribution < -0.4 is 10.0 Å². The summed E-state index contributed by atoms with van der Waals surface area (Å²) >= 11 is 0. The summed E-state index contributed by atoms with van der Waals surface area (Å²) < 4.78 is 49.3. The fraction of sp³-hybridized carbons (Fsp3) is 0.273. The van der Waals surface area contributed by atoms with E-state index in [0.717, 1.165) is 0 Å². The van der Waals surface area contributed by atoms with Gasteiger partial charge in [-0.15, -0.1) is 0 Å². The molecule has 0 bridgehead atoms. The quantitative estimate of drug-likeness (QED) is 0.816. The van der Waals surface area contributed by atoms with Crippen molar-refractivity contribution in [2.24, 2.45) is 5.14 Å². The molecule has 1 aromatic rings. The number of rotatable bonds is 3. The molecule has 0 aliphatic carbocycles. The Morgan fingerprint density at radius 3 is 2.48 bits per heavy atom. The van der Waals surface area contributed by atoms with Crippen molar-refractivity contribution < 1.29 is 31.9 Å². The van der Waals surface area contributed by atoms with Crippen LogP contribution in [0.1, 0.15) is 16.8 Å². The van der Waals surface area contributed by atoms with Crippen molar-refractivity contribution in [2.45, 2.75) is 11.7 Å². The molecule has 1 unspecified atom stereocenters. The summed E-state index contributed by atoms with van der Waals surface area (Å²) in [6, 6.07) is 1.03. The highest BCUT2D eigenvalue weighted by Crippen LogP contribution is 2.30. The number of hydrogen-bond donors (Lipinski definition) is 2. The van der Waals surface area contributed by atoms with Gasteiger partial charge in [-0.2, -0.15) is 0 Å². The SMILES string of the molecule is NS(=O)(=O)C1CC(=O)N(c2cc(F)cc(F)c2C(=O)O)C1. The molecule has 3 N–H and O–H groups in total. The van der Waals surface area contributed by atoms with Crippen LogP contribution >= 0.6 is 0 Å². The average Bonchev–Trinajstić information content (AvgIpc) is 2.69. The molecule has 1 saturated heterocycles. The molecule has 0 saturated carbocycles. The summed E-state index contributed by atoms with van der Waals surface area (Å²) in [4.78, 5) is 23.6. The number of nitrogens with two attached hydrogens (primary N) is 1. The Hall–Kier alpha value is -2.07. The van der Waals surface area contributed by atoms with E-state index in [2.05, 4.69) is 0 Å². The number of sulfonamides is 1. The number of carbonyl (C=O) groups is 2. The van der Waals surface area contributed by atoms with Crippen molar-refractivity contribution in [2.75, 3.05) is 11.4 Å². The topological polar surface area (TPSA) is 118 Å². The molecule has 1 aliphatic rings. The number of aromatic carboxylic acids is 1. The van der Waals surface area contributed by atoms with Gasteiger partial charge in [0.15, 0.2) is 0 Å². The Morgan fingerprint density at radius 2 is 2.00 bits per heavy atom. The zero-order valence-electron chi connectivity index (χ0n) is 10.4. The van der Waals surface area contributed by atoms with Crippen LogP contribution in [0.15, 0.2) is 12.1 Å². The summed E-state index contributed by atoms with van der Waals surface area (Å²) in [5, 5.41) is 12.6. The number of halogens is 2. The molecule has 0 spiro atoms. The lowest BCUT2D eigenvalue weighted by Gasteiger charge is -2.19. The Kier molecular flexibility index (Phi) is 3.68. The van der Waals surface area contributed by atoms with Crippen LogP contribution in [0.2, 0.25) is 0 Å². The standard InChI is InChI=1S/C11H10F2N2O5S/c12-5-1-7(13)10(11(17)18)8(2-5)15-4-6(3-9(15)16)21(14,19)20/h1-2,6H,3-4H2,(H,17,18)(H2,14,19,20).